The number of piperidine rings is 1. The van der Waals surface area contributed by atoms with E-state index < -0.39 is 6.10 Å². The third-order valence-corrected chi connectivity index (χ3v) is 8.43. The van der Waals surface area contributed by atoms with Crippen molar-refractivity contribution in [3.05, 3.63) is 64.7 Å². The van der Waals surface area contributed by atoms with Crippen LogP contribution in [0, 0.1) is 5.41 Å². The second kappa shape index (κ2) is 10.1. The van der Waals surface area contributed by atoms with Crippen molar-refractivity contribution in [1.82, 2.24) is 14.7 Å². The second-order valence-corrected chi connectivity index (χ2v) is 11.1. The summed E-state index contributed by atoms with van der Waals surface area (Å²) in [5.41, 5.74) is 4.95. The Morgan fingerprint density at radius 2 is 1.75 bits per heavy atom. The van der Waals surface area contributed by atoms with Crippen molar-refractivity contribution in [1.29, 1.82) is 0 Å². The third kappa shape index (κ3) is 5.02. The van der Waals surface area contributed by atoms with Gasteiger partial charge in [0.2, 0.25) is 0 Å². The molecule has 2 fully saturated rings. The molecule has 0 unspecified atom stereocenters. The van der Waals surface area contributed by atoms with Crippen molar-refractivity contribution in [2.45, 2.75) is 38.5 Å². The maximum atomic E-state index is 13.3. The van der Waals surface area contributed by atoms with Gasteiger partial charge in [0.1, 0.15) is 12.4 Å². The molecule has 0 aromatic heterocycles. The smallest absolute Gasteiger partial charge is 0.257 e. The predicted molar refractivity (Wildman–Crippen MR) is 137 cm³/mol. The molecular formula is C29H37N3O4. The Morgan fingerprint density at radius 1 is 0.944 bits per heavy atom. The minimum atomic E-state index is -0.594. The van der Waals surface area contributed by atoms with Gasteiger partial charge in [0.25, 0.3) is 5.91 Å². The number of aliphatic hydroxyl groups excluding tert-OH is 1. The van der Waals surface area contributed by atoms with Crippen LogP contribution in [0.3, 0.4) is 0 Å². The van der Waals surface area contributed by atoms with Gasteiger partial charge in [-0.2, -0.15) is 0 Å². The molecule has 7 heteroatoms. The maximum Gasteiger partial charge on any atom is 0.257 e. The second-order valence-electron chi connectivity index (χ2n) is 11.1. The molecule has 0 saturated carbocycles. The highest BCUT2D eigenvalue weighted by Gasteiger charge is 2.41. The first-order chi connectivity index (χ1) is 17.6. The number of hydrogen-bond acceptors (Lipinski definition) is 6. The van der Waals surface area contributed by atoms with Gasteiger partial charge in [-0.15, -0.1) is 0 Å². The minimum absolute atomic E-state index is 0.0537. The summed E-state index contributed by atoms with van der Waals surface area (Å²) in [6, 6.07) is 14.5. The molecule has 7 nitrogen and oxygen atoms in total. The lowest BCUT2D eigenvalue weighted by molar-refractivity contribution is -0.140. The molecule has 1 atom stereocenters. The van der Waals surface area contributed by atoms with Gasteiger partial charge in [-0.1, -0.05) is 30.3 Å². The van der Waals surface area contributed by atoms with E-state index in [2.05, 4.69) is 40.1 Å². The lowest BCUT2D eigenvalue weighted by Crippen LogP contribution is -2.50. The van der Waals surface area contributed by atoms with E-state index in [0.717, 1.165) is 52.4 Å². The highest BCUT2D eigenvalue weighted by Crippen LogP contribution is 2.38. The van der Waals surface area contributed by atoms with Crippen LogP contribution in [0.1, 0.15) is 39.9 Å². The van der Waals surface area contributed by atoms with Gasteiger partial charge >= 0.3 is 0 Å². The number of fused-ring (bicyclic) bond motifs is 2. The summed E-state index contributed by atoms with van der Waals surface area (Å²) in [5, 5.41) is 10.9. The summed E-state index contributed by atoms with van der Waals surface area (Å²) >= 11 is 0. The summed E-state index contributed by atoms with van der Waals surface area (Å²) in [6.07, 6.45) is 2.81. The summed E-state index contributed by atoms with van der Waals surface area (Å²) in [4.78, 5) is 19.9. The van der Waals surface area contributed by atoms with Crippen molar-refractivity contribution < 1.29 is 19.4 Å². The fraction of sp³-hybridized carbons (Fsp3) is 0.552. The Balaban J connectivity index is 1.05. The molecule has 2 aromatic rings. The fourth-order valence-electron chi connectivity index (χ4n) is 6.12. The van der Waals surface area contributed by atoms with Crippen LogP contribution in [0.15, 0.2) is 42.5 Å². The zero-order chi connectivity index (χ0) is 24.5. The standard InChI is InChI=1S/C29H37N3O4/c33-25(18-31-10-7-23-3-1-2-4-24(23)17-31)19-32-13-14-36-27-15-22(5-6-26(27)28(32)34)16-30-11-8-29(9-12-30)20-35-21-29/h1-6,15,25,33H,7-14,16-21H2/t25-/m1/s1. The molecule has 192 valence electrons. The number of hydrogen-bond donors (Lipinski definition) is 1. The van der Waals surface area contributed by atoms with Gasteiger partial charge in [0.05, 0.1) is 31.4 Å². The van der Waals surface area contributed by atoms with E-state index in [4.69, 9.17) is 9.47 Å². The van der Waals surface area contributed by atoms with E-state index >= 15 is 0 Å². The third-order valence-electron chi connectivity index (χ3n) is 8.43. The molecule has 0 radical (unpaired) electrons. The molecule has 1 N–H and O–H groups in total. The van der Waals surface area contributed by atoms with Gasteiger partial charge in [-0.25, -0.2) is 0 Å². The number of likely N-dealkylation sites (tertiary alicyclic amines) is 1. The Kier molecular flexibility index (Phi) is 6.73. The number of β-amino-alcohol motifs (C(OH)–C–C–N with tert-alkyl or cyclic N) is 1. The van der Waals surface area contributed by atoms with Crippen LogP contribution in [0.5, 0.6) is 5.75 Å². The average Bonchev–Trinajstić information content (AvgIpc) is 3.02. The number of carbonyl (C=O) groups excluding carboxylic acids is 1. The van der Waals surface area contributed by atoms with Crippen LogP contribution >= 0.6 is 0 Å². The van der Waals surface area contributed by atoms with Gasteiger partial charge in [0, 0.05) is 38.1 Å². The van der Waals surface area contributed by atoms with Crippen molar-refractivity contribution in [2.24, 2.45) is 5.41 Å². The van der Waals surface area contributed by atoms with Gasteiger partial charge in [0.15, 0.2) is 0 Å². The molecule has 4 aliphatic rings. The van der Waals surface area contributed by atoms with Crippen molar-refractivity contribution >= 4 is 5.91 Å². The molecule has 36 heavy (non-hydrogen) atoms. The Morgan fingerprint density at radius 3 is 2.53 bits per heavy atom. The summed E-state index contributed by atoms with van der Waals surface area (Å²) in [5.74, 6) is 0.616. The number of aliphatic hydroxyl groups is 1. The Labute approximate surface area is 213 Å². The summed E-state index contributed by atoms with van der Waals surface area (Å²) in [6.45, 7) is 8.50. The summed E-state index contributed by atoms with van der Waals surface area (Å²) in [7, 11) is 0. The molecule has 1 amide bonds. The molecule has 1 spiro atoms. The van der Waals surface area contributed by atoms with Crippen LogP contribution in [0.2, 0.25) is 0 Å². The minimum Gasteiger partial charge on any atom is -0.491 e. The first-order valence-electron chi connectivity index (χ1n) is 13.4. The largest absolute Gasteiger partial charge is 0.491 e. The molecule has 2 aromatic carbocycles. The molecule has 4 heterocycles. The number of nitrogens with zero attached hydrogens (tertiary/aromatic N) is 3. The Hall–Kier alpha value is -2.45. The van der Waals surface area contributed by atoms with Gasteiger partial charge in [-0.05, 0) is 61.2 Å². The maximum absolute atomic E-state index is 13.3. The molecule has 6 rings (SSSR count). The van der Waals surface area contributed by atoms with Crippen molar-refractivity contribution in [3.8, 4) is 5.75 Å². The fourth-order valence-corrected chi connectivity index (χ4v) is 6.12. The molecule has 2 saturated heterocycles. The van der Waals surface area contributed by atoms with E-state index in [1.165, 1.54) is 29.5 Å². The number of benzene rings is 2. The van der Waals surface area contributed by atoms with Crippen LogP contribution < -0.4 is 4.74 Å². The number of carbonyl (C=O) groups is 1. The monoisotopic (exact) mass is 491 g/mol. The van der Waals surface area contributed by atoms with Crippen molar-refractivity contribution in [3.63, 3.8) is 0 Å². The van der Waals surface area contributed by atoms with E-state index in [0.29, 0.717) is 43.0 Å². The molecule has 0 bridgehead atoms. The average molecular weight is 492 g/mol. The highest BCUT2D eigenvalue weighted by atomic mass is 16.5. The van der Waals surface area contributed by atoms with E-state index in [1.807, 2.05) is 12.1 Å². The Bertz CT molecular complexity index is 1090. The predicted octanol–water partition coefficient (Wildman–Crippen LogP) is 2.55. The lowest BCUT2D eigenvalue weighted by Gasteiger charge is -2.47. The molecule has 4 aliphatic heterocycles. The van der Waals surface area contributed by atoms with Crippen molar-refractivity contribution in [2.75, 3.05) is 59.1 Å². The van der Waals surface area contributed by atoms with E-state index in [1.54, 1.807) is 4.90 Å². The molecular weight excluding hydrogens is 454 g/mol. The first kappa shape index (κ1) is 23.9. The zero-order valence-electron chi connectivity index (χ0n) is 21.0. The van der Waals surface area contributed by atoms with Crippen LogP contribution in [-0.4, -0.2) is 90.9 Å². The zero-order valence-corrected chi connectivity index (χ0v) is 21.0. The van der Waals surface area contributed by atoms with Crippen LogP contribution in [-0.2, 0) is 24.2 Å². The quantitative estimate of drug-likeness (QED) is 0.670. The topological polar surface area (TPSA) is 65.5 Å². The number of rotatable bonds is 6. The lowest BCUT2D eigenvalue weighted by atomic mass is 9.77. The SMILES string of the molecule is O=C1c2ccc(CN3CCC4(CC3)COC4)cc2OCCN1C[C@H](O)CN1CCc2ccccc2C1. The highest BCUT2D eigenvalue weighted by molar-refractivity contribution is 5.97. The first-order valence-corrected chi connectivity index (χ1v) is 13.4. The van der Waals surface area contributed by atoms with Crippen LogP contribution in [0.25, 0.3) is 0 Å². The molecule has 0 aliphatic carbocycles. The van der Waals surface area contributed by atoms with Crippen LogP contribution in [0.4, 0.5) is 0 Å². The van der Waals surface area contributed by atoms with Gasteiger partial charge < -0.3 is 19.5 Å². The van der Waals surface area contributed by atoms with E-state index in [-0.39, 0.29) is 5.91 Å². The number of ether oxygens (including phenoxy) is 2. The van der Waals surface area contributed by atoms with E-state index in [9.17, 15) is 9.90 Å². The summed E-state index contributed by atoms with van der Waals surface area (Å²) < 4.78 is 11.5. The number of amides is 1. The normalized spacial score (nSPS) is 22.8. The van der Waals surface area contributed by atoms with Gasteiger partial charge in [-0.3, -0.25) is 14.6 Å².